The number of nitrogens with zero attached hydrogens (tertiary/aromatic N) is 1. The molecule has 0 N–H and O–H groups in total. The van der Waals surface area contributed by atoms with E-state index in [1.807, 2.05) is 12.1 Å². The fourth-order valence-electron chi connectivity index (χ4n) is 0.909. The van der Waals surface area contributed by atoms with E-state index >= 15 is 0 Å². The van der Waals surface area contributed by atoms with Crippen molar-refractivity contribution in [1.29, 1.82) is 0 Å². The minimum atomic E-state index is 0.0213. The van der Waals surface area contributed by atoms with Crippen molar-refractivity contribution in [3.05, 3.63) is 29.8 Å². The second-order valence-electron chi connectivity index (χ2n) is 2.23. The highest BCUT2D eigenvalue weighted by Crippen LogP contribution is 2.17. The van der Waals surface area contributed by atoms with Gasteiger partial charge in [-0.25, -0.2) is 0 Å². The summed E-state index contributed by atoms with van der Waals surface area (Å²) in [5.74, 6) is 0.0213. The van der Waals surface area contributed by atoms with E-state index in [2.05, 4.69) is 11.7 Å². The lowest BCUT2D eigenvalue weighted by Gasteiger charge is -1.98. The van der Waals surface area contributed by atoms with Crippen LogP contribution in [0.2, 0.25) is 0 Å². The van der Waals surface area contributed by atoms with Gasteiger partial charge in [0.2, 0.25) is 0 Å². The molecule has 0 spiro atoms. The van der Waals surface area contributed by atoms with E-state index in [1.165, 1.54) is 6.92 Å². The highest BCUT2D eigenvalue weighted by atomic mass is 16.1. The quantitative estimate of drug-likeness (QED) is 0.466. The Labute approximate surface area is 65.6 Å². The maximum Gasteiger partial charge on any atom is 0.161 e. The molecule has 0 aliphatic rings. The van der Waals surface area contributed by atoms with Crippen molar-refractivity contribution in [2.45, 2.75) is 6.92 Å². The third kappa shape index (κ3) is 1.52. The number of carbonyl (C=O) groups is 1. The Bertz CT molecular complexity index is 291. The second kappa shape index (κ2) is 3.10. The number of aliphatic imine (C=N–C) groups is 1. The Kier molecular flexibility index (Phi) is 2.16. The van der Waals surface area contributed by atoms with E-state index in [0.717, 1.165) is 0 Å². The molecule has 56 valence electrons. The number of Topliss-reactive ketones (excluding diaryl/α,β-unsaturated/α-hetero) is 1. The first-order chi connectivity index (χ1) is 5.25. The number of rotatable bonds is 2. The molecule has 11 heavy (non-hydrogen) atoms. The molecule has 0 aromatic heterocycles. The highest BCUT2D eigenvalue weighted by molar-refractivity contribution is 5.99. The van der Waals surface area contributed by atoms with Crippen LogP contribution in [0.25, 0.3) is 0 Å². The summed E-state index contributed by atoms with van der Waals surface area (Å²) in [6.07, 6.45) is 0. The fraction of sp³-hybridized carbons (Fsp3) is 0.111. The average molecular weight is 147 g/mol. The van der Waals surface area contributed by atoms with Crippen LogP contribution < -0.4 is 0 Å². The highest BCUT2D eigenvalue weighted by Gasteiger charge is 2.02. The standard InChI is InChI=1S/C9H9NO/c1-7(11)8-5-3-4-6-9(8)10-2/h3-6H,2H2,1H3. The molecule has 2 nitrogen and oxygen atoms in total. The summed E-state index contributed by atoms with van der Waals surface area (Å²) in [6.45, 7) is 4.89. The largest absolute Gasteiger partial charge is 0.294 e. The van der Waals surface area contributed by atoms with Crippen LogP contribution in [0.15, 0.2) is 29.3 Å². The molecule has 0 heterocycles. The van der Waals surface area contributed by atoms with E-state index in [1.54, 1.807) is 12.1 Å². The smallest absolute Gasteiger partial charge is 0.161 e. The average Bonchev–Trinajstić information content (AvgIpc) is 2.04. The van der Waals surface area contributed by atoms with Gasteiger partial charge in [-0.15, -0.1) is 0 Å². The lowest BCUT2D eigenvalue weighted by Crippen LogP contribution is -1.90. The van der Waals surface area contributed by atoms with Crippen LogP contribution in [-0.4, -0.2) is 12.5 Å². The van der Waals surface area contributed by atoms with Gasteiger partial charge < -0.3 is 0 Å². The van der Waals surface area contributed by atoms with Gasteiger partial charge in [-0.2, -0.15) is 0 Å². The Morgan fingerprint density at radius 1 is 1.45 bits per heavy atom. The third-order valence-electron chi connectivity index (χ3n) is 1.45. The van der Waals surface area contributed by atoms with Crippen LogP contribution in [0, 0.1) is 0 Å². The van der Waals surface area contributed by atoms with Gasteiger partial charge in [0.15, 0.2) is 5.78 Å². The van der Waals surface area contributed by atoms with Crippen molar-refractivity contribution in [2.75, 3.05) is 0 Å². The Morgan fingerprint density at radius 3 is 2.55 bits per heavy atom. The minimum absolute atomic E-state index is 0.0213. The van der Waals surface area contributed by atoms with Gasteiger partial charge in [-0.05, 0) is 25.8 Å². The molecule has 0 saturated heterocycles. The Morgan fingerprint density at radius 2 is 2.09 bits per heavy atom. The lowest BCUT2D eigenvalue weighted by atomic mass is 10.1. The van der Waals surface area contributed by atoms with Crippen molar-refractivity contribution in [1.82, 2.24) is 0 Å². The number of benzene rings is 1. The van der Waals surface area contributed by atoms with Gasteiger partial charge in [0.1, 0.15) is 0 Å². The Hall–Kier alpha value is -1.44. The fourth-order valence-corrected chi connectivity index (χ4v) is 0.909. The van der Waals surface area contributed by atoms with Crippen LogP contribution in [0.4, 0.5) is 5.69 Å². The van der Waals surface area contributed by atoms with E-state index < -0.39 is 0 Å². The molecule has 0 fully saturated rings. The molecule has 1 rings (SSSR count). The van der Waals surface area contributed by atoms with Crippen molar-refractivity contribution in [3.63, 3.8) is 0 Å². The molecule has 0 atom stereocenters. The maximum atomic E-state index is 10.9. The number of carbonyl (C=O) groups excluding carboxylic acids is 1. The predicted octanol–water partition coefficient (Wildman–Crippen LogP) is 2.22. The van der Waals surface area contributed by atoms with E-state index in [9.17, 15) is 4.79 Å². The molecular formula is C9H9NO. The summed E-state index contributed by atoms with van der Waals surface area (Å²) in [4.78, 5) is 14.7. The van der Waals surface area contributed by atoms with E-state index in [0.29, 0.717) is 11.3 Å². The Balaban J connectivity index is 3.22. The lowest BCUT2D eigenvalue weighted by molar-refractivity contribution is 0.101. The SMILES string of the molecule is C=Nc1ccccc1C(C)=O. The molecule has 0 aliphatic carbocycles. The number of hydrogen-bond acceptors (Lipinski definition) is 2. The number of ketones is 1. The summed E-state index contributed by atoms with van der Waals surface area (Å²) in [7, 11) is 0. The monoisotopic (exact) mass is 147 g/mol. The van der Waals surface area contributed by atoms with Crippen LogP contribution in [-0.2, 0) is 0 Å². The molecule has 1 aromatic rings. The number of hydrogen-bond donors (Lipinski definition) is 0. The van der Waals surface area contributed by atoms with Gasteiger partial charge in [-0.1, -0.05) is 12.1 Å². The molecule has 0 saturated carbocycles. The van der Waals surface area contributed by atoms with Gasteiger partial charge in [0, 0.05) is 5.56 Å². The molecule has 1 aromatic carbocycles. The first kappa shape index (κ1) is 7.66. The first-order valence-electron chi connectivity index (χ1n) is 3.32. The zero-order valence-corrected chi connectivity index (χ0v) is 6.37. The topological polar surface area (TPSA) is 29.4 Å². The van der Waals surface area contributed by atoms with Gasteiger partial charge in [-0.3, -0.25) is 9.79 Å². The molecular weight excluding hydrogens is 138 g/mol. The van der Waals surface area contributed by atoms with Crippen LogP contribution >= 0.6 is 0 Å². The number of para-hydroxylation sites is 1. The van der Waals surface area contributed by atoms with Crippen molar-refractivity contribution in [2.24, 2.45) is 4.99 Å². The van der Waals surface area contributed by atoms with E-state index in [-0.39, 0.29) is 5.78 Å². The third-order valence-corrected chi connectivity index (χ3v) is 1.45. The van der Waals surface area contributed by atoms with Crippen LogP contribution in [0.1, 0.15) is 17.3 Å². The second-order valence-corrected chi connectivity index (χ2v) is 2.23. The summed E-state index contributed by atoms with van der Waals surface area (Å²) in [6, 6.07) is 7.15. The van der Waals surface area contributed by atoms with E-state index in [4.69, 9.17) is 0 Å². The molecule has 0 amide bonds. The molecule has 0 unspecified atom stereocenters. The van der Waals surface area contributed by atoms with Crippen molar-refractivity contribution < 1.29 is 4.79 Å². The van der Waals surface area contributed by atoms with Gasteiger partial charge in [0.25, 0.3) is 0 Å². The maximum absolute atomic E-state index is 10.9. The molecule has 0 aliphatic heterocycles. The summed E-state index contributed by atoms with van der Waals surface area (Å²) < 4.78 is 0. The van der Waals surface area contributed by atoms with Gasteiger partial charge >= 0.3 is 0 Å². The molecule has 0 bridgehead atoms. The first-order valence-corrected chi connectivity index (χ1v) is 3.32. The zero-order chi connectivity index (χ0) is 8.27. The molecule has 0 radical (unpaired) electrons. The molecule has 2 heteroatoms. The summed E-state index contributed by atoms with van der Waals surface area (Å²) >= 11 is 0. The van der Waals surface area contributed by atoms with Crippen molar-refractivity contribution >= 4 is 18.2 Å². The van der Waals surface area contributed by atoms with Crippen molar-refractivity contribution in [3.8, 4) is 0 Å². The zero-order valence-electron chi connectivity index (χ0n) is 6.37. The van der Waals surface area contributed by atoms with Gasteiger partial charge in [0.05, 0.1) is 5.69 Å². The van der Waals surface area contributed by atoms with Crippen LogP contribution in [0.5, 0.6) is 0 Å². The summed E-state index contributed by atoms with van der Waals surface area (Å²) in [5, 5.41) is 0. The summed E-state index contributed by atoms with van der Waals surface area (Å²) in [5.41, 5.74) is 1.28. The normalized spacial score (nSPS) is 9.18. The predicted molar refractivity (Wildman–Crippen MR) is 45.7 cm³/mol. The minimum Gasteiger partial charge on any atom is -0.294 e. The van der Waals surface area contributed by atoms with Crippen LogP contribution in [0.3, 0.4) is 0 Å².